The highest BCUT2D eigenvalue weighted by Gasteiger charge is 2.39. The van der Waals surface area contributed by atoms with Crippen molar-refractivity contribution < 1.29 is 14.3 Å². The second-order valence-electron chi connectivity index (χ2n) is 7.78. The molecule has 160 valence electrons. The highest BCUT2D eigenvalue weighted by Crippen LogP contribution is 2.30. The van der Waals surface area contributed by atoms with Gasteiger partial charge in [0.15, 0.2) is 0 Å². The van der Waals surface area contributed by atoms with Gasteiger partial charge in [0.1, 0.15) is 5.75 Å². The van der Waals surface area contributed by atoms with Gasteiger partial charge in [-0.05, 0) is 61.9 Å². The Hall–Kier alpha value is -2.67. The summed E-state index contributed by atoms with van der Waals surface area (Å²) in [5, 5.41) is 5.99. The fourth-order valence-electron chi connectivity index (χ4n) is 3.68. The number of nitrogens with one attached hydrogen (secondary N) is 2. The van der Waals surface area contributed by atoms with Crippen LogP contribution >= 0.6 is 11.8 Å². The third-order valence-electron chi connectivity index (χ3n) is 5.44. The summed E-state index contributed by atoms with van der Waals surface area (Å²) in [5.41, 5.74) is 1.13. The zero-order chi connectivity index (χ0) is 21.6. The first-order valence-corrected chi connectivity index (χ1v) is 11.3. The number of likely N-dealkylation sites (tertiary alicyclic amines) is 1. The zero-order valence-corrected chi connectivity index (χ0v) is 18.6. The molecule has 0 spiro atoms. The first-order chi connectivity index (χ1) is 14.4. The van der Waals surface area contributed by atoms with Gasteiger partial charge in [-0.25, -0.2) is 4.79 Å². The van der Waals surface area contributed by atoms with Crippen molar-refractivity contribution in [1.82, 2.24) is 10.2 Å². The van der Waals surface area contributed by atoms with Crippen LogP contribution in [0.25, 0.3) is 0 Å². The minimum atomic E-state index is -0.616. The molecule has 2 N–H and O–H groups in total. The molecule has 0 aliphatic carbocycles. The Morgan fingerprint density at radius 1 is 1.20 bits per heavy atom. The number of ether oxygens (including phenoxy) is 1. The summed E-state index contributed by atoms with van der Waals surface area (Å²) in [6.07, 6.45) is 3.55. The van der Waals surface area contributed by atoms with Gasteiger partial charge >= 0.3 is 6.03 Å². The van der Waals surface area contributed by atoms with Crippen LogP contribution in [-0.2, 0) is 11.3 Å². The Morgan fingerprint density at radius 2 is 2.00 bits per heavy atom. The van der Waals surface area contributed by atoms with Crippen LogP contribution in [0.4, 0.5) is 10.5 Å². The summed E-state index contributed by atoms with van der Waals surface area (Å²) < 4.78 is 5.24. The monoisotopic (exact) mass is 427 g/mol. The molecule has 2 aromatic carbocycles. The predicted molar refractivity (Wildman–Crippen MR) is 121 cm³/mol. The van der Waals surface area contributed by atoms with Gasteiger partial charge in [0.05, 0.1) is 12.5 Å². The number of methoxy groups -OCH3 is 1. The normalized spacial score (nSPS) is 18.6. The summed E-state index contributed by atoms with van der Waals surface area (Å²) in [6, 6.07) is 15.2. The summed E-state index contributed by atoms with van der Waals surface area (Å²) >= 11 is 1.63. The van der Waals surface area contributed by atoms with Gasteiger partial charge in [0.2, 0.25) is 5.91 Å². The molecule has 0 saturated carbocycles. The third kappa shape index (κ3) is 5.48. The number of thioether (sulfide) groups is 1. The number of urea groups is 1. The number of anilines is 1. The number of amides is 3. The molecule has 3 amide bonds. The van der Waals surface area contributed by atoms with Crippen molar-refractivity contribution in [3.8, 4) is 5.75 Å². The van der Waals surface area contributed by atoms with Crippen LogP contribution in [0.1, 0.15) is 25.3 Å². The minimum Gasteiger partial charge on any atom is -0.497 e. The topological polar surface area (TPSA) is 70.7 Å². The van der Waals surface area contributed by atoms with Gasteiger partial charge < -0.3 is 20.3 Å². The van der Waals surface area contributed by atoms with E-state index in [0.717, 1.165) is 34.7 Å². The fourth-order valence-corrected chi connectivity index (χ4v) is 4.14. The second kappa shape index (κ2) is 9.89. The van der Waals surface area contributed by atoms with Crippen molar-refractivity contribution >= 4 is 29.4 Å². The van der Waals surface area contributed by atoms with E-state index in [0.29, 0.717) is 19.6 Å². The molecular weight excluding hydrogens is 398 g/mol. The quantitative estimate of drug-likeness (QED) is 0.672. The van der Waals surface area contributed by atoms with Gasteiger partial charge in [-0.2, -0.15) is 0 Å². The molecular formula is C23H29N3O3S. The van der Waals surface area contributed by atoms with E-state index in [9.17, 15) is 9.59 Å². The Balaban J connectivity index is 1.59. The maximum atomic E-state index is 13.0. The van der Waals surface area contributed by atoms with Crippen molar-refractivity contribution in [2.24, 2.45) is 5.41 Å². The molecule has 2 aromatic rings. The highest BCUT2D eigenvalue weighted by molar-refractivity contribution is 7.98. The van der Waals surface area contributed by atoms with Crippen LogP contribution in [0, 0.1) is 5.41 Å². The maximum Gasteiger partial charge on any atom is 0.321 e. The van der Waals surface area contributed by atoms with E-state index in [1.54, 1.807) is 23.8 Å². The zero-order valence-electron chi connectivity index (χ0n) is 17.7. The maximum absolute atomic E-state index is 13.0. The number of piperidine rings is 1. The van der Waals surface area contributed by atoms with Crippen LogP contribution in [0.3, 0.4) is 0 Å². The average Bonchev–Trinajstić information content (AvgIpc) is 2.77. The summed E-state index contributed by atoms with van der Waals surface area (Å²) in [6.45, 7) is 3.40. The Labute approximate surface area is 182 Å². The molecule has 1 atom stereocenters. The van der Waals surface area contributed by atoms with E-state index >= 15 is 0 Å². The highest BCUT2D eigenvalue weighted by atomic mass is 32.2. The molecule has 1 aliphatic heterocycles. The number of hydrogen-bond acceptors (Lipinski definition) is 4. The van der Waals surface area contributed by atoms with Gasteiger partial charge in [0, 0.05) is 30.2 Å². The average molecular weight is 428 g/mol. The van der Waals surface area contributed by atoms with Crippen molar-refractivity contribution in [3.63, 3.8) is 0 Å². The lowest BCUT2D eigenvalue weighted by atomic mass is 9.81. The second-order valence-corrected chi connectivity index (χ2v) is 8.66. The van der Waals surface area contributed by atoms with Crippen molar-refractivity contribution in [3.05, 3.63) is 54.1 Å². The van der Waals surface area contributed by atoms with Crippen LogP contribution in [0.2, 0.25) is 0 Å². The molecule has 0 aromatic heterocycles. The minimum absolute atomic E-state index is 0.0350. The third-order valence-corrected chi connectivity index (χ3v) is 6.17. The van der Waals surface area contributed by atoms with Crippen LogP contribution in [-0.4, -0.2) is 43.3 Å². The predicted octanol–water partition coefficient (Wildman–Crippen LogP) is 4.37. The molecule has 3 rings (SSSR count). The SMILES string of the molecule is COc1cccc(CNC(=O)[C@@]2(C)CCCN(C(=O)Nc3cccc(SC)c3)C2)c1. The van der Waals surface area contributed by atoms with Crippen LogP contribution < -0.4 is 15.4 Å². The van der Waals surface area contributed by atoms with Gasteiger partial charge in [-0.1, -0.05) is 18.2 Å². The molecule has 1 aliphatic rings. The van der Waals surface area contributed by atoms with Gasteiger partial charge in [0.25, 0.3) is 0 Å². The number of rotatable bonds is 6. The van der Waals surface area contributed by atoms with Crippen LogP contribution in [0.5, 0.6) is 5.75 Å². The van der Waals surface area contributed by atoms with E-state index < -0.39 is 5.41 Å². The summed E-state index contributed by atoms with van der Waals surface area (Å²) in [7, 11) is 1.62. The van der Waals surface area contributed by atoms with E-state index in [1.165, 1.54) is 0 Å². The molecule has 0 radical (unpaired) electrons. The van der Waals surface area contributed by atoms with Gasteiger partial charge in [-0.3, -0.25) is 4.79 Å². The summed E-state index contributed by atoms with van der Waals surface area (Å²) in [4.78, 5) is 28.6. The molecule has 30 heavy (non-hydrogen) atoms. The fraction of sp³-hybridized carbons (Fsp3) is 0.391. The molecule has 1 heterocycles. The lowest BCUT2D eigenvalue weighted by Gasteiger charge is -2.39. The molecule has 6 nitrogen and oxygen atoms in total. The molecule has 0 unspecified atom stereocenters. The van der Waals surface area contributed by atoms with E-state index in [2.05, 4.69) is 10.6 Å². The molecule has 0 bridgehead atoms. The van der Waals surface area contributed by atoms with Gasteiger partial charge in [-0.15, -0.1) is 11.8 Å². The van der Waals surface area contributed by atoms with Crippen LogP contribution in [0.15, 0.2) is 53.4 Å². The number of carbonyl (C=O) groups is 2. The first-order valence-electron chi connectivity index (χ1n) is 10.0. The standard InChI is InChI=1S/C23H29N3O3S/c1-23(21(27)24-15-17-7-4-9-19(13-17)29-2)11-6-12-26(16-23)22(28)25-18-8-5-10-20(14-18)30-3/h4-5,7-10,13-14H,6,11-12,15-16H2,1-3H3,(H,24,27)(H,25,28)/t23-/m0/s1. The summed E-state index contributed by atoms with van der Waals surface area (Å²) in [5.74, 6) is 0.728. The Bertz CT molecular complexity index is 905. The number of carbonyl (C=O) groups excluding carboxylic acids is 2. The number of hydrogen-bond donors (Lipinski definition) is 2. The lowest BCUT2D eigenvalue weighted by molar-refractivity contribution is -0.132. The van der Waals surface area contributed by atoms with Crippen molar-refractivity contribution in [2.45, 2.75) is 31.2 Å². The van der Waals surface area contributed by atoms with E-state index in [-0.39, 0.29) is 11.9 Å². The van der Waals surface area contributed by atoms with Crippen molar-refractivity contribution in [1.29, 1.82) is 0 Å². The first kappa shape index (κ1) is 22.0. The van der Waals surface area contributed by atoms with E-state index in [1.807, 2.05) is 61.7 Å². The smallest absolute Gasteiger partial charge is 0.321 e. The molecule has 1 saturated heterocycles. The van der Waals surface area contributed by atoms with Crippen molar-refractivity contribution in [2.75, 3.05) is 31.8 Å². The Morgan fingerprint density at radius 3 is 2.77 bits per heavy atom. The molecule has 1 fully saturated rings. The number of nitrogens with zero attached hydrogens (tertiary/aromatic N) is 1. The number of benzene rings is 2. The Kier molecular flexibility index (Phi) is 7.26. The lowest BCUT2D eigenvalue weighted by Crippen LogP contribution is -2.52. The van der Waals surface area contributed by atoms with E-state index in [4.69, 9.17) is 4.74 Å². The molecule has 7 heteroatoms. The largest absolute Gasteiger partial charge is 0.497 e.